The number of hydrogen-bond donors (Lipinski definition) is 1. The van der Waals surface area contributed by atoms with Crippen molar-refractivity contribution in [1.29, 1.82) is 0 Å². The highest BCUT2D eigenvalue weighted by Crippen LogP contribution is 2.24. The molecule has 2 saturated heterocycles. The zero-order valence-corrected chi connectivity index (χ0v) is 13.7. The molecule has 124 valence electrons. The minimum absolute atomic E-state index is 0.0138. The molecule has 2 aliphatic heterocycles. The van der Waals surface area contributed by atoms with Crippen LogP contribution in [-0.4, -0.2) is 47.3 Å². The maximum Gasteiger partial charge on any atom is 0.244 e. The number of nitrogens with zero attached hydrogens (tertiary/aromatic N) is 2. The Bertz CT molecular complexity index is 576. The summed E-state index contributed by atoms with van der Waals surface area (Å²) in [7, 11) is 0. The van der Waals surface area contributed by atoms with E-state index in [0.29, 0.717) is 25.6 Å². The van der Waals surface area contributed by atoms with E-state index in [1.165, 1.54) is 0 Å². The van der Waals surface area contributed by atoms with Crippen LogP contribution in [0.25, 0.3) is 0 Å². The quantitative estimate of drug-likeness (QED) is 0.921. The summed E-state index contributed by atoms with van der Waals surface area (Å²) >= 11 is 0. The van der Waals surface area contributed by atoms with Crippen LogP contribution >= 0.6 is 0 Å². The van der Waals surface area contributed by atoms with Gasteiger partial charge in [0.05, 0.1) is 0 Å². The molecule has 0 spiro atoms. The molecule has 2 fully saturated rings. The average Bonchev–Trinajstić information content (AvgIpc) is 3.00. The number of benzene rings is 1. The Morgan fingerprint density at radius 3 is 2.39 bits per heavy atom. The summed E-state index contributed by atoms with van der Waals surface area (Å²) in [5, 5.41) is 0. The van der Waals surface area contributed by atoms with Crippen molar-refractivity contribution >= 4 is 11.8 Å². The first-order chi connectivity index (χ1) is 11.1. The number of piperidine rings is 1. The number of aryl methyl sites for hydroxylation is 1. The summed E-state index contributed by atoms with van der Waals surface area (Å²) in [5.41, 5.74) is 8.16. The Labute approximate surface area is 137 Å². The standard InChI is InChI=1S/C18H25N3O2/c1-13-4-6-14(7-5-13)17(19)18(23)20-11-8-15(9-12-20)21-10-2-3-16(21)22/h4-7,15,17H,2-3,8-12,19H2,1H3. The second-order valence-electron chi connectivity index (χ2n) is 6.64. The molecule has 0 aliphatic carbocycles. The van der Waals surface area contributed by atoms with Crippen molar-refractivity contribution in [1.82, 2.24) is 9.80 Å². The monoisotopic (exact) mass is 315 g/mol. The van der Waals surface area contributed by atoms with E-state index >= 15 is 0 Å². The van der Waals surface area contributed by atoms with Gasteiger partial charge in [-0.3, -0.25) is 9.59 Å². The number of amides is 2. The highest BCUT2D eigenvalue weighted by Gasteiger charge is 2.33. The summed E-state index contributed by atoms with van der Waals surface area (Å²) in [6.07, 6.45) is 3.36. The lowest BCUT2D eigenvalue weighted by Gasteiger charge is -2.37. The van der Waals surface area contributed by atoms with Crippen molar-refractivity contribution in [2.45, 2.75) is 44.7 Å². The number of carbonyl (C=O) groups excluding carboxylic acids is 2. The van der Waals surface area contributed by atoms with Crippen LogP contribution in [0, 0.1) is 6.92 Å². The molecular formula is C18H25N3O2. The summed E-state index contributed by atoms with van der Waals surface area (Å²) in [6, 6.07) is 7.51. The van der Waals surface area contributed by atoms with Crippen molar-refractivity contribution in [2.75, 3.05) is 19.6 Å². The van der Waals surface area contributed by atoms with E-state index in [4.69, 9.17) is 5.73 Å². The van der Waals surface area contributed by atoms with E-state index in [0.717, 1.165) is 36.9 Å². The lowest BCUT2D eigenvalue weighted by molar-refractivity contribution is -0.135. The van der Waals surface area contributed by atoms with Crippen LogP contribution in [0.3, 0.4) is 0 Å². The summed E-state index contributed by atoms with van der Waals surface area (Å²) in [4.78, 5) is 28.3. The lowest BCUT2D eigenvalue weighted by atomic mass is 10.0. The van der Waals surface area contributed by atoms with E-state index in [-0.39, 0.29) is 11.8 Å². The molecule has 0 radical (unpaired) electrons. The van der Waals surface area contributed by atoms with E-state index in [1.54, 1.807) is 0 Å². The second-order valence-corrected chi connectivity index (χ2v) is 6.64. The number of carbonyl (C=O) groups is 2. The van der Waals surface area contributed by atoms with Gasteiger partial charge in [0.2, 0.25) is 11.8 Å². The van der Waals surface area contributed by atoms with Crippen LogP contribution in [0.2, 0.25) is 0 Å². The first kappa shape index (κ1) is 16.0. The van der Waals surface area contributed by atoms with Crippen LogP contribution < -0.4 is 5.73 Å². The van der Waals surface area contributed by atoms with Gasteiger partial charge in [-0.05, 0) is 31.7 Å². The van der Waals surface area contributed by atoms with Gasteiger partial charge in [-0.1, -0.05) is 29.8 Å². The van der Waals surface area contributed by atoms with Crippen LogP contribution in [0.15, 0.2) is 24.3 Å². The molecule has 0 bridgehead atoms. The SMILES string of the molecule is Cc1ccc(C(N)C(=O)N2CCC(N3CCCC3=O)CC2)cc1. The van der Waals surface area contributed by atoms with E-state index in [1.807, 2.05) is 41.0 Å². The Balaban J connectivity index is 1.57. The molecular weight excluding hydrogens is 290 g/mol. The third-order valence-corrected chi connectivity index (χ3v) is 5.03. The third-order valence-electron chi connectivity index (χ3n) is 5.03. The van der Waals surface area contributed by atoms with Gasteiger partial charge < -0.3 is 15.5 Å². The topological polar surface area (TPSA) is 66.6 Å². The zero-order chi connectivity index (χ0) is 16.4. The fourth-order valence-electron chi connectivity index (χ4n) is 3.57. The van der Waals surface area contributed by atoms with Crippen molar-refractivity contribution in [2.24, 2.45) is 5.73 Å². The largest absolute Gasteiger partial charge is 0.341 e. The van der Waals surface area contributed by atoms with Gasteiger partial charge in [0.15, 0.2) is 0 Å². The molecule has 1 atom stereocenters. The fourth-order valence-corrected chi connectivity index (χ4v) is 3.57. The summed E-state index contributed by atoms with van der Waals surface area (Å²) in [6.45, 7) is 4.27. The van der Waals surface area contributed by atoms with E-state index in [9.17, 15) is 9.59 Å². The lowest BCUT2D eigenvalue weighted by Crippen LogP contribution is -2.49. The van der Waals surface area contributed by atoms with Crippen LogP contribution in [-0.2, 0) is 9.59 Å². The summed E-state index contributed by atoms with van der Waals surface area (Å²) < 4.78 is 0. The van der Waals surface area contributed by atoms with Crippen molar-refractivity contribution in [3.05, 3.63) is 35.4 Å². The fraction of sp³-hybridized carbons (Fsp3) is 0.556. The Morgan fingerprint density at radius 1 is 1.17 bits per heavy atom. The Hall–Kier alpha value is -1.88. The molecule has 1 aromatic rings. The smallest absolute Gasteiger partial charge is 0.244 e. The number of nitrogens with two attached hydrogens (primary N) is 1. The van der Waals surface area contributed by atoms with Gasteiger partial charge >= 0.3 is 0 Å². The molecule has 2 aliphatic rings. The first-order valence-electron chi connectivity index (χ1n) is 8.46. The van der Waals surface area contributed by atoms with Crippen LogP contribution in [0.4, 0.5) is 0 Å². The highest BCUT2D eigenvalue weighted by molar-refractivity contribution is 5.83. The van der Waals surface area contributed by atoms with Gasteiger partial charge in [0, 0.05) is 32.1 Å². The van der Waals surface area contributed by atoms with Crippen LogP contribution in [0.1, 0.15) is 42.9 Å². The molecule has 2 heterocycles. The molecule has 3 rings (SSSR count). The van der Waals surface area contributed by atoms with E-state index in [2.05, 4.69) is 0 Å². The number of rotatable bonds is 3. The molecule has 2 N–H and O–H groups in total. The average molecular weight is 315 g/mol. The molecule has 0 saturated carbocycles. The zero-order valence-electron chi connectivity index (χ0n) is 13.7. The van der Waals surface area contributed by atoms with Gasteiger partial charge in [0.25, 0.3) is 0 Å². The molecule has 1 unspecified atom stereocenters. The Morgan fingerprint density at radius 2 is 1.83 bits per heavy atom. The van der Waals surface area contributed by atoms with Gasteiger partial charge in [-0.15, -0.1) is 0 Å². The van der Waals surface area contributed by atoms with Gasteiger partial charge in [-0.25, -0.2) is 0 Å². The predicted octanol–water partition coefficient (Wildman–Crippen LogP) is 1.61. The van der Waals surface area contributed by atoms with Gasteiger partial charge in [-0.2, -0.15) is 0 Å². The maximum absolute atomic E-state index is 12.6. The number of likely N-dealkylation sites (tertiary alicyclic amines) is 2. The molecule has 2 amide bonds. The Kier molecular flexibility index (Phi) is 4.66. The maximum atomic E-state index is 12.6. The molecule has 1 aromatic carbocycles. The molecule has 5 heteroatoms. The minimum Gasteiger partial charge on any atom is -0.341 e. The van der Waals surface area contributed by atoms with Crippen LogP contribution in [0.5, 0.6) is 0 Å². The predicted molar refractivity (Wildman–Crippen MR) is 88.7 cm³/mol. The third kappa shape index (κ3) is 3.39. The van der Waals surface area contributed by atoms with Crippen molar-refractivity contribution in [3.63, 3.8) is 0 Å². The summed E-state index contributed by atoms with van der Waals surface area (Å²) in [5.74, 6) is 0.256. The van der Waals surface area contributed by atoms with Gasteiger partial charge in [0.1, 0.15) is 6.04 Å². The molecule has 5 nitrogen and oxygen atoms in total. The van der Waals surface area contributed by atoms with Crippen molar-refractivity contribution in [3.8, 4) is 0 Å². The molecule has 23 heavy (non-hydrogen) atoms. The normalized spacial score (nSPS) is 20.9. The minimum atomic E-state index is -0.597. The molecule has 0 aromatic heterocycles. The van der Waals surface area contributed by atoms with E-state index < -0.39 is 6.04 Å². The van der Waals surface area contributed by atoms with Crippen molar-refractivity contribution < 1.29 is 9.59 Å². The highest BCUT2D eigenvalue weighted by atomic mass is 16.2. The first-order valence-corrected chi connectivity index (χ1v) is 8.46. The second kappa shape index (κ2) is 6.71. The number of hydrogen-bond acceptors (Lipinski definition) is 3.